The van der Waals surface area contributed by atoms with Crippen molar-refractivity contribution in [3.8, 4) is 0 Å². The lowest BCUT2D eigenvalue weighted by Crippen LogP contribution is -2.38. The summed E-state index contributed by atoms with van der Waals surface area (Å²) in [5, 5.41) is 2.53. The van der Waals surface area contributed by atoms with Crippen LogP contribution in [0.5, 0.6) is 0 Å². The number of anilines is 2. The zero-order valence-corrected chi connectivity index (χ0v) is 18.0. The Morgan fingerprint density at radius 2 is 1.87 bits per heavy atom. The van der Waals surface area contributed by atoms with Crippen molar-refractivity contribution >= 4 is 49.9 Å². The highest BCUT2D eigenvalue weighted by atomic mass is 79.9. The van der Waals surface area contributed by atoms with E-state index in [0.29, 0.717) is 21.6 Å². The van der Waals surface area contributed by atoms with Gasteiger partial charge in [-0.05, 0) is 42.0 Å². The Bertz CT molecular complexity index is 1170. The number of amides is 2. The Kier molecular flexibility index (Phi) is 5.78. The van der Waals surface area contributed by atoms with Gasteiger partial charge in [-0.3, -0.25) is 13.8 Å². The van der Waals surface area contributed by atoms with E-state index in [1.165, 1.54) is 29.2 Å². The van der Waals surface area contributed by atoms with Gasteiger partial charge in [0.2, 0.25) is 5.91 Å². The van der Waals surface area contributed by atoms with Crippen LogP contribution in [0.1, 0.15) is 15.9 Å². The van der Waals surface area contributed by atoms with Gasteiger partial charge in [-0.15, -0.1) is 0 Å². The fourth-order valence-corrected chi connectivity index (χ4v) is 4.68. The number of carbonyl (C=O) groups excluding carboxylic acids is 2. The number of rotatable bonds is 4. The third-order valence-corrected chi connectivity index (χ3v) is 6.51. The first-order valence-electron chi connectivity index (χ1n) is 9.05. The molecule has 152 valence electrons. The summed E-state index contributed by atoms with van der Waals surface area (Å²) in [6.45, 7) is 0.302. The van der Waals surface area contributed by atoms with Gasteiger partial charge in [0.1, 0.15) is 11.6 Å². The van der Waals surface area contributed by atoms with Crippen molar-refractivity contribution in [2.24, 2.45) is 0 Å². The quantitative estimate of drug-likeness (QED) is 0.590. The normalized spacial score (nSPS) is 15.6. The highest BCUT2D eigenvalue weighted by Crippen LogP contribution is 2.32. The van der Waals surface area contributed by atoms with Crippen LogP contribution in [0.3, 0.4) is 0 Å². The molecule has 0 aromatic heterocycles. The molecule has 0 spiro atoms. The molecule has 4 rings (SSSR count). The summed E-state index contributed by atoms with van der Waals surface area (Å²) in [5.41, 5.74) is 1.62. The molecule has 30 heavy (non-hydrogen) atoms. The van der Waals surface area contributed by atoms with Crippen LogP contribution in [0.15, 0.2) is 76.1 Å². The third-order valence-electron chi connectivity index (χ3n) is 4.68. The van der Waals surface area contributed by atoms with Gasteiger partial charge in [-0.1, -0.05) is 46.3 Å². The molecule has 3 aromatic rings. The van der Waals surface area contributed by atoms with Crippen molar-refractivity contribution in [3.05, 3.63) is 88.1 Å². The maximum Gasteiger partial charge on any atom is 0.255 e. The van der Waals surface area contributed by atoms with E-state index in [1.807, 2.05) is 30.3 Å². The lowest BCUT2D eigenvalue weighted by Gasteiger charge is -2.29. The summed E-state index contributed by atoms with van der Waals surface area (Å²) in [7, 11) is -1.48. The first kappa shape index (κ1) is 20.4. The standard InChI is InChI=1S/C22H16BrFN2O3S/c23-16-7-8-18(17(24)11-16)25-22(28)15-6-9-20-19(10-15)26(21(27)13-30(20)29)12-14-4-2-1-3-5-14/h1-11H,12-13H2,(H,25,28)/t30-/m0/s1. The molecule has 0 radical (unpaired) electrons. The second-order valence-corrected chi connectivity index (χ2v) is 9.05. The average molecular weight is 487 g/mol. The van der Waals surface area contributed by atoms with Gasteiger partial charge in [-0.25, -0.2) is 4.39 Å². The van der Waals surface area contributed by atoms with E-state index in [2.05, 4.69) is 21.2 Å². The number of carbonyl (C=O) groups is 2. The Balaban J connectivity index is 1.66. The van der Waals surface area contributed by atoms with Gasteiger partial charge in [-0.2, -0.15) is 0 Å². The maximum absolute atomic E-state index is 14.1. The highest BCUT2D eigenvalue weighted by Gasteiger charge is 2.30. The predicted molar refractivity (Wildman–Crippen MR) is 117 cm³/mol. The Labute approximate surface area is 183 Å². The second kappa shape index (κ2) is 8.49. The van der Waals surface area contributed by atoms with E-state index in [9.17, 15) is 18.2 Å². The lowest BCUT2D eigenvalue weighted by atomic mass is 10.1. The van der Waals surface area contributed by atoms with Gasteiger partial charge in [0.05, 0.1) is 33.6 Å². The molecule has 3 aromatic carbocycles. The van der Waals surface area contributed by atoms with Crippen LogP contribution in [0, 0.1) is 5.82 Å². The molecule has 8 heteroatoms. The Morgan fingerprint density at radius 3 is 2.60 bits per heavy atom. The van der Waals surface area contributed by atoms with E-state index >= 15 is 0 Å². The van der Waals surface area contributed by atoms with E-state index in [0.717, 1.165) is 5.56 Å². The first-order valence-corrected chi connectivity index (χ1v) is 11.2. The number of nitrogens with zero attached hydrogens (tertiary/aromatic N) is 1. The average Bonchev–Trinajstić information content (AvgIpc) is 2.73. The molecule has 0 bridgehead atoms. The molecule has 1 aliphatic rings. The topological polar surface area (TPSA) is 66.5 Å². The summed E-state index contributed by atoms with van der Waals surface area (Å²) in [6.07, 6.45) is 0. The van der Waals surface area contributed by atoms with E-state index in [-0.39, 0.29) is 22.9 Å². The van der Waals surface area contributed by atoms with E-state index in [4.69, 9.17) is 0 Å². The smallest absolute Gasteiger partial charge is 0.255 e. The summed E-state index contributed by atoms with van der Waals surface area (Å²) in [6, 6.07) is 18.4. The van der Waals surface area contributed by atoms with Gasteiger partial charge in [0.25, 0.3) is 5.91 Å². The number of halogens is 2. The minimum atomic E-state index is -1.48. The summed E-state index contributed by atoms with van der Waals surface area (Å²) in [4.78, 5) is 27.3. The molecule has 0 fully saturated rings. The summed E-state index contributed by atoms with van der Waals surface area (Å²) >= 11 is 3.17. The molecule has 0 unspecified atom stereocenters. The largest absolute Gasteiger partial charge is 0.319 e. The SMILES string of the molecule is O=C(Nc1ccc(Br)cc1F)c1ccc2c(c1)N(Cc1ccccc1)C(=O)C[S@@]2=O. The fourth-order valence-electron chi connectivity index (χ4n) is 3.19. The van der Waals surface area contributed by atoms with Crippen molar-refractivity contribution in [1.29, 1.82) is 0 Å². The fraction of sp³-hybridized carbons (Fsp3) is 0.0909. The monoisotopic (exact) mass is 486 g/mol. The first-order chi connectivity index (χ1) is 14.4. The highest BCUT2D eigenvalue weighted by molar-refractivity contribution is 9.10. The van der Waals surface area contributed by atoms with Crippen molar-refractivity contribution < 1.29 is 18.2 Å². The number of benzene rings is 3. The molecule has 5 nitrogen and oxygen atoms in total. The van der Waals surface area contributed by atoms with Gasteiger partial charge in [0, 0.05) is 10.0 Å². The zero-order valence-electron chi connectivity index (χ0n) is 15.6. The predicted octanol–water partition coefficient (Wildman–Crippen LogP) is 4.49. The minimum absolute atomic E-state index is 0.0433. The molecule has 1 N–H and O–H groups in total. The van der Waals surface area contributed by atoms with Crippen LogP contribution < -0.4 is 10.2 Å². The molecule has 2 amide bonds. The van der Waals surface area contributed by atoms with Crippen LogP contribution in [0.4, 0.5) is 15.8 Å². The van der Waals surface area contributed by atoms with Crippen molar-refractivity contribution in [2.45, 2.75) is 11.4 Å². The Hall–Kier alpha value is -2.84. The lowest BCUT2D eigenvalue weighted by molar-refractivity contribution is -0.116. The van der Waals surface area contributed by atoms with Crippen LogP contribution in [-0.4, -0.2) is 21.8 Å². The van der Waals surface area contributed by atoms with E-state index in [1.54, 1.807) is 12.1 Å². The molecular formula is C22H16BrFN2O3S. The zero-order chi connectivity index (χ0) is 21.3. The molecule has 0 saturated heterocycles. The molecule has 1 aliphatic heterocycles. The van der Waals surface area contributed by atoms with Crippen molar-refractivity contribution in [2.75, 3.05) is 16.0 Å². The molecule has 0 saturated carbocycles. The van der Waals surface area contributed by atoms with Crippen LogP contribution in [-0.2, 0) is 22.1 Å². The summed E-state index contributed by atoms with van der Waals surface area (Å²) in [5.74, 6) is -1.48. The third kappa shape index (κ3) is 4.20. The summed E-state index contributed by atoms with van der Waals surface area (Å²) < 4.78 is 27.1. The van der Waals surface area contributed by atoms with Crippen LogP contribution in [0.2, 0.25) is 0 Å². The molecule has 0 aliphatic carbocycles. The maximum atomic E-state index is 14.1. The molecule has 1 atom stereocenters. The van der Waals surface area contributed by atoms with Crippen LogP contribution in [0.25, 0.3) is 0 Å². The van der Waals surface area contributed by atoms with Crippen LogP contribution >= 0.6 is 15.9 Å². The Morgan fingerprint density at radius 1 is 1.10 bits per heavy atom. The number of hydrogen-bond donors (Lipinski definition) is 1. The van der Waals surface area contributed by atoms with Crippen molar-refractivity contribution in [3.63, 3.8) is 0 Å². The van der Waals surface area contributed by atoms with Gasteiger partial charge in [0.15, 0.2) is 0 Å². The number of hydrogen-bond acceptors (Lipinski definition) is 3. The molecule has 1 heterocycles. The number of fused-ring (bicyclic) bond motifs is 1. The van der Waals surface area contributed by atoms with Gasteiger partial charge < -0.3 is 10.2 Å². The van der Waals surface area contributed by atoms with Gasteiger partial charge >= 0.3 is 0 Å². The molecular weight excluding hydrogens is 471 g/mol. The minimum Gasteiger partial charge on any atom is -0.319 e. The number of nitrogens with one attached hydrogen (secondary N) is 1. The van der Waals surface area contributed by atoms with E-state index < -0.39 is 22.5 Å². The second-order valence-electron chi connectivity index (χ2n) is 6.72. The van der Waals surface area contributed by atoms with Crippen molar-refractivity contribution in [1.82, 2.24) is 0 Å².